The van der Waals surface area contributed by atoms with Crippen molar-refractivity contribution in [2.75, 3.05) is 6.61 Å². The van der Waals surface area contributed by atoms with Gasteiger partial charge >= 0.3 is 0 Å². The number of unbranched alkanes of at least 4 members (excludes halogenated alkanes) is 29. The van der Waals surface area contributed by atoms with E-state index in [-0.39, 0.29) is 12.5 Å². The molecule has 4 nitrogen and oxygen atoms in total. The first-order chi connectivity index (χ1) is 26.2. The minimum absolute atomic E-state index is 0.0792. The van der Waals surface area contributed by atoms with Crippen LogP contribution in [-0.4, -0.2) is 34.9 Å². The smallest absolute Gasteiger partial charge is 0.220 e. The standard InChI is InChI=1S/C49H91NO3/c1-3-5-7-9-11-13-15-16-17-18-19-20-21-22-23-24-25-26-27-28-29-30-31-32-33-35-37-39-41-43-45-49(53)50-47(46-51)48(52)44-42-40-38-36-34-14-12-10-8-6-4-2/h8,10,22-23,34,36,42,44,47-48,51-52H,3-7,9,11-21,24-33,35,37-41,43,45-46H2,1-2H3,(H,50,53)/b10-8+,23-22-,36-34+,44-42+. The third kappa shape index (κ3) is 41.4. The molecule has 53 heavy (non-hydrogen) atoms. The van der Waals surface area contributed by atoms with Gasteiger partial charge in [0.1, 0.15) is 0 Å². The molecule has 1 amide bonds. The molecule has 0 aromatic carbocycles. The van der Waals surface area contributed by atoms with Crippen LogP contribution in [0.15, 0.2) is 48.6 Å². The van der Waals surface area contributed by atoms with Crippen LogP contribution < -0.4 is 5.32 Å². The Morgan fingerprint density at radius 3 is 1.17 bits per heavy atom. The molecule has 0 saturated carbocycles. The number of allylic oxidation sites excluding steroid dienone is 7. The lowest BCUT2D eigenvalue weighted by Crippen LogP contribution is -2.45. The van der Waals surface area contributed by atoms with E-state index in [0.29, 0.717) is 6.42 Å². The summed E-state index contributed by atoms with van der Waals surface area (Å²) in [5, 5.41) is 22.9. The number of rotatable bonds is 42. The van der Waals surface area contributed by atoms with Crippen LogP contribution in [0.5, 0.6) is 0 Å². The topological polar surface area (TPSA) is 69.6 Å². The monoisotopic (exact) mass is 742 g/mol. The molecule has 0 aromatic heterocycles. The number of nitrogens with one attached hydrogen (secondary N) is 1. The highest BCUT2D eigenvalue weighted by atomic mass is 16.3. The lowest BCUT2D eigenvalue weighted by molar-refractivity contribution is -0.123. The number of amides is 1. The highest BCUT2D eigenvalue weighted by Crippen LogP contribution is 2.15. The maximum atomic E-state index is 12.4. The molecule has 0 bridgehead atoms. The first-order valence-corrected chi connectivity index (χ1v) is 23.4. The molecular weight excluding hydrogens is 651 g/mol. The van der Waals surface area contributed by atoms with Gasteiger partial charge in [0.25, 0.3) is 0 Å². The quantitative estimate of drug-likeness (QED) is 0.0431. The highest BCUT2D eigenvalue weighted by Gasteiger charge is 2.17. The van der Waals surface area contributed by atoms with Crippen molar-refractivity contribution in [1.82, 2.24) is 5.32 Å². The molecule has 0 heterocycles. The summed E-state index contributed by atoms with van der Waals surface area (Å²) in [7, 11) is 0. The molecule has 0 spiro atoms. The molecule has 310 valence electrons. The van der Waals surface area contributed by atoms with Crippen molar-refractivity contribution in [3.63, 3.8) is 0 Å². The normalized spacial score (nSPS) is 13.4. The van der Waals surface area contributed by atoms with Crippen molar-refractivity contribution in [1.29, 1.82) is 0 Å². The largest absolute Gasteiger partial charge is 0.394 e. The molecule has 2 unspecified atom stereocenters. The van der Waals surface area contributed by atoms with Crippen molar-refractivity contribution >= 4 is 5.91 Å². The van der Waals surface area contributed by atoms with E-state index in [1.165, 1.54) is 173 Å². The summed E-state index contributed by atoms with van der Waals surface area (Å²) in [6.07, 6.45) is 61.1. The molecule has 2 atom stereocenters. The van der Waals surface area contributed by atoms with Crippen LogP contribution in [0.3, 0.4) is 0 Å². The van der Waals surface area contributed by atoms with E-state index < -0.39 is 12.1 Å². The third-order valence-electron chi connectivity index (χ3n) is 10.5. The Hall–Kier alpha value is -1.65. The Morgan fingerprint density at radius 1 is 0.434 bits per heavy atom. The van der Waals surface area contributed by atoms with Crippen LogP contribution in [-0.2, 0) is 4.79 Å². The second kappa shape index (κ2) is 44.7. The SMILES string of the molecule is CCC/C=C/CC/C=C/CC/C=C/C(O)C(CO)NC(=O)CCCCCCCCCCCCCCCC/C=C\CCCCCCCCCCCCCC. The lowest BCUT2D eigenvalue weighted by atomic mass is 10.0. The van der Waals surface area contributed by atoms with Crippen molar-refractivity contribution in [3.05, 3.63) is 48.6 Å². The molecule has 3 N–H and O–H groups in total. The Bertz CT molecular complexity index is 847. The molecule has 4 heteroatoms. The fraction of sp³-hybridized carbons (Fsp3) is 0.816. The third-order valence-corrected chi connectivity index (χ3v) is 10.5. The molecule has 0 radical (unpaired) electrons. The average Bonchev–Trinajstić information content (AvgIpc) is 3.16. The lowest BCUT2D eigenvalue weighted by Gasteiger charge is -2.19. The van der Waals surface area contributed by atoms with Gasteiger partial charge < -0.3 is 15.5 Å². The van der Waals surface area contributed by atoms with Crippen LogP contribution in [0, 0.1) is 0 Å². The van der Waals surface area contributed by atoms with Gasteiger partial charge in [0.05, 0.1) is 18.8 Å². The molecule has 0 aliphatic carbocycles. The predicted molar refractivity (Wildman–Crippen MR) is 235 cm³/mol. The molecule has 0 aliphatic heterocycles. The van der Waals surface area contributed by atoms with E-state index in [9.17, 15) is 15.0 Å². The summed E-state index contributed by atoms with van der Waals surface area (Å²) in [6.45, 7) is 4.22. The van der Waals surface area contributed by atoms with Crippen LogP contribution in [0.25, 0.3) is 0 Å². The second-order valence-corrected chi connectivity index (χ2v) is 15.8. The Morgan fingerprint density at radius 2 is 0.774 bits per heavy atom. The Balaban J connectivity index is 3.47. The van der Waals surface area contributed by atoms with E-state index in [1.54, 1.807) is 6.08 Å². The first-order valence-electron chi connectivity index (χ1n) is 23.4. The van der Waals surface area contributed by atoms with E-state index in [1.807, 2.05) is 6.08 Å². The highest BCUT2D eigenvalue weighted by molar-refractivity contribution is 5.76. The number of carbonyl (C=O) groups is 1. The maximum absolute atomic E-state index is 12.4. The van der Waals surface area contributed by atoms with Crippen LogP contribution in [0.1, 0.15) is 239 Å². The maximum Gasteiger partial charge on any atom is 0.220 e. The summed E-state index contributed by atoms with van der Waals surface area (Å²) in [4.78, 5) is 12.4. The summed E-state index contributed by atoms with van der Waals surface area (Å²) in [5.41, 5.74) is 0. The zero-order valence-electron chi connectivity index (χ0n) is 35.5. The van der Waals surface area contributed by atoms with E-state index in [2.05, 4.69) is 55.6 Å². The molecule has 0 aromatic rings. The van der Waals surface area contributed by atoms with Gasteiger partial charge in [0.2, 0.25) is 5.91 Å². The van der Waals surface area contributed by atoms with Crippen LogP contribution >= 0.6 is 0 Å². The molecule has 0 fully saturated rings. The predicted octanol–water partition coefficient (Wildman–Crippen LogP) is 14.7. The average molecular weight is 742 g/mol. The van der Waals surface area contributed by atoms with E-state index in [0.717, 1.165) is 44.9 Å². The fourth-order valence-corrected chi connectivity index (χ4v) is 6.92. The van der Waals surface area contributed by atoms with E-state index in [4.69, 9.17) is 0 Å². The first kappa shape index (κ1) is 51.4. The number of carbonyl (C=O) groups excluding carboxylic acids is 1. The Labute approximate surface area is 331 Å². The van der Waals surface area contributed by atoms with Gasteiger partial charge in [-0.15, -0.1) is 0 Å². The van der Waals surface area contributed by atoms with Crippen LogP contribution in [0.4, 0.5) is 0 Å². The molecule has 0 aliphatic rings. The van der Waals surface area contributed by atoms with Gasteiger partial charge in [-0.1, -0.05) is 217 Å². The molecule has 0 rings (SSSR count). The molecular formula is C49H91NO3. The number of aliphatic hydroxyl groups is 2. The van der Waals surface area contributed by atoms with Crippen LogP contribution in [0.2, 0.25) is 0 Å². The zero-order chi connectivity index (χ0) is 38.6. The van der Waals surface area contributed by atoms with Gasteiger partial charge in [-0.25, -0.2) is 0 Å². The van der Waals surface area contributed by atoms with Crippen molar-refractivity contribution in [2.24, 2.45) is 0 Å². The number of hydrogen-bond donors (Lipinski definition) is 3. The summed E-state index contributed by atoms with van der Waals surface area (Å²) in [5.74, 6) is -0.0792. The van der Waals surface area contributed by atoms with Gasteiger partial charge in [-0.05, 0) is 64.2 Å². The van der Waals surface area contributed by atoms with Gasteiger partial charge in [-0.3, -0.25) is 4.79 Å². The summed E-state index contributed by atoms with van der Waals surface area (Å²) >= 11 is 0. The van der Waals surface area contributed by atoms with E-state index >= 15 is 0 Å². The summed E-state index contributed by atoms with van der Waals surface area (Å²) in [6, 6.07) is -0.643. The van der Waals surface area contributed by atoms with Crippen molar-refractivity contribution in [3.8, 4) is 0 Å². The minimum Gasteiger partial charge on any atom is -0.394 e. The number of aliphatic hydroxyl groups excluding tert-OH is 2. The summed E-state index contributed by atoms with van der Waals surface area (Å²) < 4.78 is 0. The van der Waals surface area contributed by atoms with Gasteiger partial charge in [0.15, 0.2) is 0 Å². The molecule has 0 saturated heterocycles. The Kier molecular flexibility index (Phi) is 43.4. The fourth-order valence-electron chi connectivity index (χ4n) is 6.92. The zero-order valence-corrected chi connectivity index (χ0v) is 35.5. The second-order valence-electron chi connectivity index (χ2n) is 15.8. The minimum atomic E-state index is -0.868. The number of hydrogen-bond acceptors (Lipinski definition) is 3. The van der Waals surface area contributed by atoms with Crippen molar-refractivity contribution in [2.45, 2.75) is 251 Å². The van der Waals surface area contributed by atoms with Gasteiger partial charge in [-0.2, -0.15) is 0 Å². The van der Waals surface area contributed by atoms with Crippen molar-refractivity contribution < 1.29 is 15.0 Å². The van der Waals surface area contributed by atoms with Gasteiger partial charge in [0, 0.05) is 6.42 Å².